The summed E-state index contributed by atoms with van der Waals surface area (Å²) in [5.41, 5.74) is 5.45. The highest BCUT2D eigenvalue weighted by Gasteiger charge is 2.30. The van der Waals surface area contributed by atoms with Crippen LogP contribution in [0.1, 0.15) is 24.1 Å². The van der Waals surface area contributed by atoms with Crippen LogP contribution < -0.4 is 5.73 Å². The quantitative estimate of drug-likeness (QED) is 0.867. The highest BCUT2D eigenvalue weighted by molar-refractivity contribution is 5.27. The molecule has 1 unspecified atom stereocenters. The first-order valence-electron chi connectivity index (χ1n) is 4.95. The molecule has 0 amide bonds. The van der Waals surface area contributed by atoms with Gasteiger partial charge in [-0.25, -0.2) is 0 Å². The van der Waals surface area contributed by atoms with E-state index in [9.17, 15) is 13.2 Å². The van der Waals surface area contributed by atoms with Crippen LogP contribution in [0.5, 0.6) is 0 Å². The van der Waals surface area contributed by atoms with E-state index in [0.29, 0.717) is 12.2 Å². The van der Waals surface area contributed by atoms with Crippen molar-refractivity contribution in [2.24, 2.45) is 5.73 Å². The molecule has 0 heterocycles. The summed E-state index contributed by atoms with van der Waals surface area (Å²) in [7, 11) is 0. The standard InChI is InChI=1S/C11H14F3NO/c1-2-16-7-10(15)8-4-3-5-9(6-8)11(12,13)14/h3-6,10H,2,7,15H2,1H3. The lowest BCUT2D eigenvalue weighted by molar-refractivity contribution is -0.137. The molecule has 0 aliphatic rings. The van der Waals surface area contributed by atoms with Crippen molar-refractivity contribution in [3.8, 4) is 0 Å². The van der Waals surface area contributed by atoms with Crippen molar-refractivity contribution in [2.45, 2.75) is 19.1 Å². The lowest BCUT2D eigenvalue weighted by atomic mass is 10.1. The third kappa shape index (κ3) is 3.50. The molecule has 1 aromatic rings. The Balaban J connectivity index is 2.82. The molecule has 1 atom stereocenters. The minimum Gasteiger partial charge on any atom is -0.380 e. The van der Waals surface area contributed by atoms with Gasteiger partial charge in [0.05, 0.1) is 18.2 Å². The zero-order valence-corrected chi connectivity index (χ0v) is 8.92. The Bertz CT molecular complexity index is 338. The van der Waals surface area contributed by atoms with Gasteiger partial charge in [0.15, 0.2) is 0 Å². The number of nitrogens with two attached hydrogens (primary N) is 1. The molecule has 0 saturated carbocycles. The summed E-state index contributed by atoms with van der Waals surface area (Å²) in [6.45, 7) is 2.52. The summed E-state index contributed by atoms with van der Waals surface area (Å²) in [5, 5.41) is 0. The summed E-state index contributed by atoms with van der Waals surface area (Å²) in [6.07, 6.45) is -4.33. The summed E-state index contributed by atoms with van der Waals surface area (Å²) < 4.78 is 42.3. The monoisotopic (exact) mass is 233 g/mol. The Labute approximate surface area is 92.2 Å². The van der Waals surface area contributed by atoms with Gasteiger partial charge in [-0.05, 0) is 24.6 Å². The molecular weight excluding hydrogens is 219 g/mol. The van der Waals surface area contributed by atoms with Crippen LogP contribution in [0, 0.1) is 0 Å². The van der Waals surface area contributed by atoms with E-state index in [1.54, 1.807) is 13.0 Å². The van der Waals surface area contributed by atoms with Crippen LogP contribution in [0.15, 0.2) is 24.3 Å². The lowest BCUT2D eigenvalue weighted by Crippen LogP contribution is -2.18. The molecule has 5 heteroatoms. The zero-order chi connectivity index (χ0) is 12.2. The van der Waals surface area contributed by atoms with E-state index in [2.05, 4.69) is 0 Å². The Morgan fingerprint density at radius 1 is 1.38 bits per heavy atom. The van der Waals surface area contributed by atoms with Gasteiger partial charge >= 0.3 is 6.18 Å². The van der Waals surface area contributed by atoms with Gasteiger partial charge in [-0.15, -0.1) is 0 Å². The van der Waals surface area contributed by atoms with Crippen LogP contribution in [-0.4, -0.2) is 13.2 Å². The van der Waals surface area contributed by atoms with Gasteiger partial charge in [0.25, 0.3) is 0 Å². The second-order valence-corrected chi connectivity index (χ2v) is 3.39. The second-order valence-electron chi connectivity index (χ2n) is 3.39. The molecule has 0 radical (unpaired) electrons. The summed E-state index contributed by atoms with van der Waals surface area (Å²) in [6, 6.07) is 4.48. The Hall–Kier alpha value is -1.07. The van der Waals surface area contributed by atoms with Crippen molar-refractivity contribution >= 4 is 0 Å². The molecule has 16 heavy (non-hydrogen) atoms. The van der Waals surface area contributed by atoms with Gasteiger partial charge in [0, 0.05) is 6.61 Å². The highest BCUT2D eigenvalue weighted by Crippen LogP contribution is 2.30. The lowest BCUT2D eigenvalue weighted by Gasteiger charge is -2.14. The normalized spacial score (nSPS) is 13.8. The van der Waals surface area contributed by atoms with Crippen LogP contribution in [0.2, 0.25) is 0 Å². The van der Waals surface area contributed by atoms with Crippen LogP contribution >= 0.6 is 0 Å². The molecule has 0 saturated heterocycles. The SMILES string of the molecule is CCOCC(N)c1cccc(C(F)(F)F)c1. The molecule has 2 nitrogen and oxygen atoms in total. The first kappa shape index (κ1) is 13.0. The molecule has 0 bridgehead atoms. The fraction of sp³-hybridized carbons (Fsp3) is 0.455. The summed E-state index contributed by atoms with van der Waals surface area (Å²) >= 11 is 0. The predicted molar refractivity (Wildman–Crippen MR) is 54.9 cm³/mol. The fourth-order valence-corrected chi connectivity index (χ4v) is 1.29. The summed E-state index contributed by atoms with van der Waals surface area (Å²) in [4.78, 5) is 0. The number of halogens is 3. The van der Waals surface area contributed by atoms with Crippen molar-refractivity contribution in [3.63, 3.8) is 0 Å². The van der Waals surface area contributed by atoms with Gasteiger partial charge in [0.1, 0.15) is 0 Å². The first-order valence-corrected chi connectivity index (χ1v) is 4.95. The van der Waals surface area contributed by atoms with E-state index in [1.165, 1.54) is 6.07 Å². The largest absolute Gasteiger partial charge is 0.416 e. The predicted octanol–water partition coefficient (Wildman–Crippen LogP) is 2.74. The molecule has 2 N–H and O–H groups in total. The van der Waals surface area contributed by atoms with Crippen LogP contribution in [0.3, 0.4) is 0 Å². The average Bonchev–Trinajstić information content (AvgIpc) is 2.25. The minimum atomic E-state index is -4.33. The van der Waals surface area contributed by atoms with Crippen molar-refractivity contribution in [1.82, 2.24) is 0 Å². The van der Waals surface area contributed by atoms with Gasteiger partial charge < -0.3 is 10.5 Å². The molecule has 0 aliphatic carbocycles. The topological polar surface area (TPSA) is 35.2 Å². The van der Waals surface area contributed by atoms with Crippen LogP contribution in [0.4, 0.5) is 13.2 Å². The van der Waals surface area contributed by atoms with Crippen molar-refractivity contribution in [3.05, 3.63) is 35.4 Å². The minimum absolute atomic E-state index is 0.220. The molecule has 0 aliphatic heterocycles. The van der Waals surface area contributed by atoms with E-state index in [4.69, 9.17) is 10.5 Å². The smallest absolute Gasteiger partial charge is 0.380 e. The molecule has 0 aromatic heterocycles. The Morgan fingerprint density at radius 2 is 2.06 bits per heavy atom. The Morgan fingerprint density at radius 3 is 2.62 bits per heavy atom. The van der Waals surface area contributed by atoms with E-state index in [-0.39, 0.29) is 6.61 Å². The van der Waals surface area contributed by atoms with E-state index in [0.717, 1.165) is 12.1 Å². The molecule has 1 rings (SSSR count). The number of ether oxygens (including phenoxy) is 1. The molecule has 90 valence electrons. The number of rotatable bonds is 4. The number of hydrogen-bond donors (Lipinski definition) is 1. The van der Waals surface area contributed by atoms with Gasteiger partial charge in [0.2, 0.25) is 0 Å². The Kier molecular flexibility index (Phi) is 4.32. The van der Waals surface area contributed by atoms with Gasteiger partial charge in [-0.1, -0.05) is 12.1 Å². The molecule has 0 spiro atoms. The van der Waals surface area contributed by atoms with Gasteiger partial charge in [-0.3, -0.25) is 0 Å². The van der Waals surface area contributed by atoms with E-state index in [1.807, 2.05) is 0 Å². The second kappa shape index (κ2) is 5.32. The van der Waals surface area contributed by atoms with Gasteiger partial charge in [-0.2, -0.15) is 13.2 Å². The van der Waals surface area contributed by atoms with Crippen molar-refractivity contribution in [2.75, 3.05) is 13.2 Å². The maximum Gasteiger partial charge on any atom is 0.416 e. The molecule has 0 fully saturated rings. The zero-order valence-electron chi connectivity index (χ0n) is 8.92. The average molecular weight is 233 g/mol. The number of benzene rings is 1. The first-order chi connectivity index (χ1) is 7.45. The maximum absolute atomic E-state index is 12.4. The molecule has 1 aromatic carbocycles. The fourth-order valence-electron chi connectivity index (χ4n) is 1.29. The highest BCUT2D eigenvalue weighted by atomic mass is 19.4. The van der Waals surface area contributed by atoms with Crippen molar-refractivity contribution < 1.29 is 17.9 Å². The number of alkyl halides is 3. The third-order valence-electron chi connectivity index (χ3n) is 2.14. The maximum atomic E-state index is 12.4. The summed E-state index contributed by atoms with van der Waals surface area (Å²) in [5.74, 6) is 0. The molecular formula is C11H14F3NO. The van der Waals surface area contributed by atoms with E-state index >= 15 is 0 Å². The third-order valence-corrected chi connectivity index (χ3v) is 2.14. The van der Waals surface area contributed by atoms with E-state index < -0.39 is 17.8 Å². The van der Waals surface area contributed by atoms with Crippen LogP contribution in [-0.2, 0) is 10.9 Å². The number of hydrogen-bond acceptors (Lipinski definition) is 2. The van der Waals surface area contributed by atoms with Crippen LogP contribution in [0.25, 0.3) is 0 Å². The van der Waals surface area contributed by atoms with Crippen molar-refractivity contribution in [1.29, 1.82) is 0 Å².